The van der Waals surface area contributed by atoms with Crippen LogP contribution in [0.2, 0.25) is 0 Å². The van der Waals surface area contributed by atoms with Crippen molar-refractivity contribution in [3.63, 3.8) is 0 Å². The van der Waals surface area contributed by atoms with E-state index in [4.69, 9.17) is 4.42 Å². The van der Waals surface area contributed by atoms with Crippen molar-refractivity contribution in [2.45, 2.75) is 19.4 Å². The minimum absolute atomic E-state index is 0.187. The van der Waals surface area contributed by atoms with Gasteiger partial charge in [0.2, 0.25) is 5.91 Å². The number of hydrogen-bond donors (Lipinski definition) is 1. The molecule has 1 aliphatic heterocycles. The van der Waals surface area contributed by atoms with E-state index < -0.39 is 0 Å². The molecule has 0 atom stereocenters. The van der Waals surface area contributed by atoms with Crippen LogP contribution >= 0.6 is 11.3 Å². The summed E-state index contributed by atoms with van der Waals surface area (Å²) in [6, 6.07) is 11.1. The van der Waals surface area contributed by atoms with Crippen molar-refractivity contribution in [1.29, 1.82) is 0 Å². The minimum Gasteiger partial charge on any atom is -0.462 e. The average Bonchev–Trinajstić information content (AvgIpc) is 3.37. The summed E-state index contributed by atoms with van der Waals surface area (Å²) in [6.45, 7) is 1.37. The predicted octanol–water partition coefficient (Wildman–Crippen LogP) is 3.78. The molecule has 3 heterocycles. The number of benzene rings is 1. The van der Waals surface area contributed by atoms with E-state index in [2.05, 4.69) is 10.3 Å². The summed E-state index contributed by atoms with van der Waals surface area (Å²) in [5, 5.41) is 5.24. The molecule has 2 amide bonds. The molecule has 132 valence electrons. The standard InChI is InChI=1S/C19H17N3O3S/c23-17-7-2-8-22(17)11-13-4-1-5-14(10-13)20-18(24)15-12-26-19(21-15)16-6-3-9-25-16/h1,3-6,9-10,12H,2,7-8,11H2,(H,20,24). The lowest BCUT2D eigenvalue weighted by molar-refractivity contribution is -0.128. The molecule has 0 aliphatic carbocycles. The second-order valence-corrected chi connectivity index (χ2v) is 6.95. The number of thiazole rings is 1. The van der Waals surface area contributed by atoms with Gasteiger partial charge < -0.3 is 14.6 Å². The van der Waals surface area contributed by atoms with E-state index in [9.17, 15) is 9.59 Å². The fourth-order valence-corrected chi connectivity index (χ4v) is 3.69. The molecule has 0 saturated carbocycles. The Kier molecular flexibility index (Phi) is 4.53. The molecule has 26 heavy (non-hydrogen) atoms. The van der Waals surface area contributed by atoms with Crippen molar-refractivity contribution in [2.24, 2.45) is 0 Å². The summed E-state index contributed by atoms with van der Waals surface area (Å²) in [5.41, 5.74) is 2.03. The molecule has 0 spiro atoms. The van der Waals surface area contributed by atoms with Crippen molar-refractivity contribution in [1.82, 2.24) is 9.88 Å². The molecule has 2 aromatic heterocycles. The van der Waals surface area contributed by atoms with Crippen LogP contribution in [-0.4, -0.2) is 28.2 Å². The zero-order chi connectivity index (χ0) is 17.9. The summed E-state index contributed by atoms with van der Waals surface area (Å²) in [4.78, 5) is 30.4. The quantitative estimate of drug-likeness (QED) is 0.745. The molecule has 0 bridgehead atoms. The first-order chi connectivity index (χ1) is 12.7. The van der Waals surface area contributed by atoms with Gasteiger partial charge in [-0.2, -0.15) is 0 Å². The number of nitrogens with zero attached hydrogens (tertiary/aromatic N) is 2. The number of aromatic nitrogens is 1. The molecule has 6 nitrogen and oxygen atoms in total. The highest BCUT2D eigenvalue weighted by atomic mass is 32.1. The molecule has 0 radical (unpaired) electrons. The number of likely N-dealkylation sites (tertiary alicyclic amines) is 1. The number of rotatable bonds is 5. The maximum atomic E-state index is 12.4. The predicted molar refractivity (Wildman–Crippen MR) is 98.9 cm³/mol. The summed E-state index contributed by atoms with van der Waals surface area (Å²) in [7, 11) is 0. The second kappa shape index (κ2) is 7.13. The third-order valence-electron chi connectivity index (χ3n) is 4.20. The molecule has 3 aromatic rings. The van der Waals surface area contributed by atoms with Crippen LogP contribution in [-0.2, 0) is 11.3 Å². The van der Waals surface area contributed by atoms with Crippen molar-refractivity contribution in [3.05, 3.63) is 59.3 Å². The lowest BCUT2D eigenvalue weighted by Crippen LogP contribution is -2.23. The molecule has 4 rings (SSSR count). The Labute approximate surface area is 154 Å². The molecular weight excluding hydrogens is 350 g/mol. The Balaban J connectivity index is 1.44. The summed E-state index contributed by atoms with van der Waals surface area (Å²) >= 11 is 1.36. The highest BCUT2D eigenvalue weighted by molar-refractivity contribution is 7.13. The highest BCUT2D eigenvalue weighted by Crippen LogP contribution is 2.24. The van der Waals surface area contributed by atoms with Gasteiger partial charge in [-0.25, -0.2) is 4.98 Å². The third-order valence-corrected chi connectivity index (χ3v) is 5.06. The number of carbonyl (C=O) groups is 2. The van der Waals surface area contributed by atoms with Gasteiger partial charge in [-0.05, 0) is 36.2 Å². The van der Waals surface area contributed by atoms with E-state index in [1.807, 2.05) is 35.2 Å². The summed E-state index contributed by atoms with van der Waals surface area (Å²) in [6.07, 6.45) is 3.11. The SMILES string of the molecule is O=C(Nc1cccc(CN2CCCC2=O)c1)c1csc(-c2ccco2)n1. The Morgan fingerprint density at radius 2 is 2.23 bits per heavy atom. The van der Waals surface area contributed by atoms with Crippen LogP contribution in [0.4, 0.5) is 5.69 Å². The number of carbonyl (C=O) groups excluding carboxylic acids is 2. The number of amides is 2. The van der Waals surface area contributed by atoms with E-state index in [0.29, 0.717) is 35.1 Å². The molecule has 1 N–H and O–H groups in total. The van der Waals surface area contributed by atoms with Crippen molar-refractivity contribution in [2.75, 3.05) is 11.9 Å². The number of hydrogen-bond acceptors (Lipinski definition) is 5. The van der Waals surface area contributed by atoms with Gasteiger partial charge >= 0.3 is 0 Å². The molecule has 0 unspecified atom stereocenters. The Hall–Kier alpha value is -2.93. The van der Waals surface area contributed by atoms with Gasteiger partial charge in [-0.1, -0.05) is 12.1 Å². The largest absolute Gasteiger partial charge is 0.462 e. The van der Waals surface area contributed by atoms with Crippen LogP contribution in [0.3, 0.4) is 0 Å². The van der Waals surface area contributed by atoms with Crippen molar-refractivity contribution >= 4 is 28.8 Å². The summed E-state index contributed by atoms with van der Waals surface area (Å²) < 4.78 is 5.30. The van der Waals surface area contributed by atoms with Crippen LogP contribution in [0.15, 0.2) is 52.5 Å². The molecule has 1 aliphatic rings. The Bertz CT molecular complexity index is 933. The smallest absolute Gasteiger partial charge is 0.275 e. The van der Waals surface area contributed by atoms with Crippen LogP contribution in [0.25, 0.3) is 10.8 Å². The van der Waals surface area contributed by atoms with E-state index in [0.717, 1.165) is 18.5 Å². The van der Waals surface area contributed by atoms with Gasteiger partial charge in [0.25, 0.3) is 5.91 Å². The molecule has 1 aromatic carbocycles. The first kappa shape index (κ1) is 16.5. The lowest BCUT2D eigenvalue weighted by Gasteiger charge is -2.16. The van der Waals surface area contributed by atoms with Crippen LogP contribution in [0.1, 0.15) is 28.9 Å². The van der Waals surface area contributed by atoms with Crippen LogP contribution in [0.5, 0.6) is 0 Å². The van der Waals surface area contributed by atoms with E-state index in [1.165, 1.54) is 11.3 Å². The maximum absolute atomic E-state index is 12.4. The maximum Gasteiger partial charge on any atom is 0.275 e. The fraction of sp³-hybridized carbons (Fsp3) is 0.211. The second-order valence-electron chi connectivity index (χ2n) is 6.09. The van der Waals surface area contributed by atoms with Gasteiger partial charge in [0.1, 0.15) is 5.69 Å². The zero-order valence-corrected chi connectivity index (χ0v) is 14.8. The molecule has 7 heteroatoms. The number of nitrogens with one attached hydrogen (secondary N) is 1. The van der Waals surface area contributed by atoms with Gasteiger partial charge in [0, 0.05) is 30.6 Å². The van der Waals surface area contributed by atoms with Crippen LogP contribution in [0, 0.1) is 0 Å². The van der Waals surface area contributed by atoms with Gasteiger partial charge in [-0.15, -0.1) is 11.3 Å². The number of anilines is 1. The van der Waals surface area contributed by atoms with E-state index in [-0.39, 0.29) is 11.8 Å². The molecule has 1 saturated heterocycles. The van der Waals surface area contributed by atoms with Gasteiger partial charge in [-0.3, -0.25) is 9.59 Å². The van der Waals surface area contributed by atoms with E-state index >= 15 is 0 Å². The van der Waals surface area contributed by atoms with Crippen molar-refractivity contribution in [3.8, 4) is 10.8 Å². The summed E-state index contributed by atoms with van der Waals surface area (Å²) in [5.74, 6) is 0.562. The monoisotopic (exact) mass is 367 g/mol. The third kappa shape index (κ3) is 3.52. The normalized spacial score (nSPS) is 14.0. The van der Waals surface area contributed by atoms with Gasteiger partial charge in [0.15, 0.2) is 10.8 Å². The zero-order valence-electron chi connectivity index (χ0n) is 14.0. The van der Waals surface area contributed by atoms with Crippen LogP contribution < -0.4 is 5.32 Å². The molecular formula is C19H17N3O3S. The fourth-order valence-electron chi connectivity index (χ4n) is 2.93. The lowest BCUT2D eigenvalue weighted by atomic mass is 10.2. The molecule has 1 fully saturated rings. The first-order valence-corrected chi connectivity index (χ1v) is 9.24. The first-order valence-electron chi connectivity index (χ1n) is 8.36. The van der Waals surface area contributed by atoms with Gasteiger partial charge in [0.05, 0.1) is 6.26 Å². The van der Waals surface area contributed by atoms with E-state index in [1.54, 1.807) is 17.7 Å². The van der Waals surface area contributed by atoms with Crippen molar-refractivity contribution < 1.29 is 14.0 Å². The topological polar surface area (TPSA) is 75.4 Å². The average molecular weight is 367 g/mol. The number of furan rings is 1. The minimum atomic E-state index is -0.270. The highest BCUT2D eigenvalue weighted by Gasteiger charge is 2.20. The Morgan fingerprint density at radius 3 is 3.00 bits per heavy atom. The Morgan fingerprint density at radius 1 is 1.31 bits per heavy atom.